The Balaban J connectivity index is 1.61. The smallest absolute Gasteiger partial charge is 0.136 e. The highest BCUT2D eigenvalue weighted by molar-refractivity contribution is 5.83. The minimum Gasteiger partial charge on any atom is -0.299 e. The van der Waals surface area contributed by atoms with Gasteiger partial charge in [-0.05, 0) is 79.4 Å². The van der Waals surface area contributed by atoms with E-state index in [1.54, 1.807) is 0 Å². The van der Waals surface area contributed by atoms with Gasteiger partial charge in [0.15, 0.2) is 0 Å². The first-order valence-corrected chi connectivity index (χ1v) is 10.4. The van der Waals surface area contributed by atoms with Crippen molar-refractivity contribution in [2.75, 3.05) is 0 Å². The Morgan fingerprint density at radius 1 is 1.04 bits per heavy atom. The van der Waals surface area contributed by atoms with Gasteiger partial charge in [0.25, 0.3) is 0 Å². The fourth-order valence-electron chi connectivity index (χ4n) is 7.92. The van der Waals surface area contributed by atoms with E-state index in [1.165, 1.54) is 44.9 Å². The Labute approximate surface area is 147 Å². The lowest BCUT2D eigenvalue weighted by atomic mass is 9.44. The summed E-state index contributed by atoms with van der Waals surface area (Å²) >= 11 is 0. The number of carbonyl (C=O) groups is 1. The van der Waals surface area contributed by atoms with Gasteiger partial charge in [-0.3, -0.25) is 4.79 Å². The van der Waals surface area contributed by atoms with E-state index in [0.29, 0.717) is 34.9 Å². The molecule has 4 saturated carbocycles. The van der Waals surface area contributed by atoms with Crippen LogP contribution in [-0.2, 0) is 4.79 Å². The van der Waals surface area contributed by atoms with Gasteiger partial charge >= 0.3 is 0 Å². The van der Waals surface area contributed by atoms with Crippen LogP contribution in [0.25, 0.3) is 0 Å². The highest BCUT2D eigenvalue weighted by Gasteiger charge is 2.61. The van der Waals surface area contributed by atoms with Crippen LogP contribution in [-0.4, -0.2) is 5.78 Å². The van der Waals surface area contributed by atoms with Crippen molar-refractivity contribution in [1.82, 2.24) is 0 Å². The van der Waals surface area contributed by atoms with Gasteiger partial charge < -0.3 is 0 Å². The molecule has 4 fully saturated rings. The van der Waals surface area contributed by atoms with Gasteiger partial charge in [0.05, 0.1) is 6.07 Å². The molecule has 0 radical (unpaired) electrons. The highest BCUT2D eigenvalue weighted by Crippen LogP contribution is 2.67. The van der Waals surface area contributed by atoms with Gasteiger partial charge in [0.1, 0.15) is 5.78 Å². The third-order valence-corrected chi connectivity index (χ3v) is 9.16. The summed E-state index contributed by atoms with van der Waals surface area (Å²) in [5.41, 5.74) is 0.695. The Morgan fingerprint density at radius 3 is 2.62 bits per heavy atom. The molecule has 0 aromatic rings. The number of hydrogen-bond donors (Lipinski definition) is 0. The molecule has 2 heteroatoms. The van der Waals surface area contributed by atoms with Gasteiger partial charge in [-0.25, -0.2) is 0 Å². The minimum atomic E-state index is 0.296. The van der Waals surface area contributed by atoms with E-state index in [0.717, 1.165) is 37.0 Å². The molecule has 132 valence electrons. The first-order chi connectivity index (χ1) is 11.5. The summed E-state index contributed by atoms with van der Waals surface area (Å²) in [7, 11) is 0. The molecule has 0 amide bonds. The van der Waals surface area contributed by atoms with Crippen molar-refractivity contribution in [3.63, 3.8) is 0 Å². The molecular weight excluding hydrogens is 294 g/mol. The van der Waals surface area contributed by atoms with Crippen molar-refractivity contribution in [1.29, 1.82) is 5.26 Å². The lowest BCUT2D eigenvalue weighted by Crippen LogP contribution is -2.55. The lowest BCUT2D eigenvalue weighted by molar-refractivity contribution is -0.153. The van der Waals surface area contributed by atoms with Crippen LogP contribution in [0.3, 0.4) is 0 Å². The second-order valence-corrected chi connectivity index (χ2v) is 9.87. The first-order valence-electron chi connectivity index (χ1n) is 10.4. The van der Waals surface area contributed by atoms with E-state index >= 15 is 0 Å². The predicted molar refractivity (Wildman–Crippen MR) is 95.1 cm³/mol. The Morgan fingerprint density at radius 2 is 1.83 bits per heavy atom. The van der Waals surface area contributed by atoms with Gasteiger partial charge in [0, 0.05) is 18.8 Å². The van der Waals surface area contributed by atoms with E-state index in [4.69, 9.17) is 5.26 Å². The van der Waals surface area contributed by atoms with Crippen LogP contribution in [0.5, 0.6) is 0 Å². The fourth-order valence-corrected chi connectivity index (χ4v) is 7.92. The van der Waals surface area contributed by atoms with Crippen molar-refractivity contribution >= 4 is 5.78 Å². The zero-order valence-corrected chi connectivity index (χ0v) is 15.5. The third kappa shape index (κ3) is 2.23. The zero-order valence-electron chi connectivity index (χ0n) is 15.5. The molecule has 24 heavy (non-hydrogen) atoms. The molecule has 7 atom stereocenters. The molecule has 0 aromatic heterocycles. The zero-order chi connectivity index (χ0) is 16.9. The number of nitrogens with zero attached hydrogens (tertiary/aromatic N) is 1. The number of rotatable bonds is 2. The summed E-state index contributed by atoms with van der Waals surface area (Å²) in [4.78, 5) is 13.0. The molecule has 0 spiro atoms. The summed E-state index contributed by atoms with van der Waals surface area (Å²) in [5, 5.41) is 9.00. The van der Waals surface area contributed by atoms with Crippen LogP contribution < -0.4 is 0 Å². The summed E-state index contributed by atoms with van der Waals surface area (Å²) in [6, 6.07) is 2.36. The number of Topliss-reactive ketones (excluding diaryl/α,β-unsaturated/α-hetero) is 1. The van der Waals surface area contributed by atoms with E-state index in [-0.39, 0.29) is 0 Å². The molecule has 2 nitrogen and oxygen atoms in total. The topological polar surface area (TPSA) is 40.9 Å². The van der Waals surface area contributed by atoms with Crippen LogP contribution in [0.2, 0.25) is 0 Å². The Bertz CT molecular complexity index is 563. The maximum atomic E-state index is 13.0. The second-order valence-electron chi connectivity index (χ2n) is 9.87. The van der Waals surface area contributed by atoms with Crippen LogP contribution in [0, 0.1) is 51.8 Å². The van der Waals surface area contributed by atoms with Gasteiger partial charge in [-0.15, -0.1) is 0 Å². The van der Waals surface area contributed by atoms with Crippen molar-refractivity contribution in [3.8, 4) is 6.07 Å². The molecule has 0 aliphatic heterocycles. The number of ketones is 1. The molecule has 0 aromatic carbocycles. The minimum absolute atomic E-state index is 0.296. The molecular formula is C22H33NO. The monoisotopic (exact) mass is 327 g/mol. The number of carbonyl (C=O) groups excluding carboxylic acids is 1. The van der Waals surface area contributed by atoms with E-state index in [9.17, 15) is 4.79 Å². The molecule has 0 heterocycles. The number of hydrogen-bond acceptors (Lipinski definition) is 2. The third-order valence-electron chi connectivity index (χ3n) is 9.16. The van der Waals surface area contributed by atoms with Crippen molar-refractivity contribution in [2.24, 2.45) is 40.4 Å². The SMILES string of the molecule is CC12CCC3C(CC(=O)C4CCCCC43C)C1CCC2CCC#N. The molecule has 0 bridgehead atoms. The normalized spacial score (nSPS) is 50.5. The molecule has 0 saturated heterocycles. The first kappa shape index (κ1) is 16.6. The van der Waals surface area contributed by atoms with E-state index in [2.05, 4.69) is 19.9 Å². The van der Waals surface area contributed by atoms with Crippen molar-refractivity contribution < 1.29 is 4.79 Å². The van der Waals surface area contributed by atoms with Gasteiger partial charge in [0.2, 0.25) is 0 Å². The highest BCUT2D eigenvalue weighted by atomic mass is 16.1. The quantitative estimate of drug-likeness (QED) is 0.670. The van der Waals surface area contributed by atoms with Gasteiger partial charge in [-0.2, -0.15) is 5.26 Å². The standard InChI is InChI=1S/C22H33NO/c1-21-12-10-18-16(17(21)9-8-15(21)6-5-13-23)14-20(24)19-7-3-4-11-22(18,19)2/h15-19H,3-12,14H2,1-2H3. The fraction of sp³-hybridized carbons (Fsp3) is 0.909. The van der Waals surface area contributed by atoms with Gasteiger partial charge in [-0.1, -0.05) is 26.7 Å². The van der Waals surface area contributed by atoms with Crippen LogP contribution in [0.15, 0.2) is 0 Å². The molecule has 4 rings (SSSR count). The summed E-state index contributed by atoms with van der Waals surface area (Å²) in [5.74, 6) is 3.85. The largest absolute Gasteiger partial charge is 0.299 e. The summed E-state index contributed by atoms with van der Waals surface area (Å²) < 4.78 is 0. The summed E-state index contributed by atoms with van der Waals surface area (Å²) in [6.45, 7) is 4.97. The average Bonchev–Trinajstić information content (AvgIpc) is 2.89. The second kappa shape index (κ2) is 5.86. The lowest BCUT2D eigenvalue weighted by Gasteiger charge is -2.59. The molecule has 0 N–H and O–H groups in total. The summed E-state index contributed by atoms with van der Waals surface area (Å²) in [6.07, 6.45) is 13.0. The maximum absolute atomic E-state index is 13.0. The predicted octanol–water partition coefficient (Wildman–Crippen LogP) is 5.52. The number of nitriles is 1. The average molecular weight is 328 g/mol. The Hall–Kier alpha value is -0.840. The van der Waals surface area contributed by atoms with Crippen LogP contribution in [0.1, 0.15) is 84.5 Å². The molecule has 4 aliphatic carbocycles. The maximum Gasteiger partial charge on any atom is 0.136 e. The van der Waals surface area contributed by atoms with E-state index in [1.807, 2.05) is 0 Å². The molecule has 7 unspecified atom stereocenters. The molecule has 4 aliphatic rings. The number of fused-ring (bicyclic) bond motifs is 5. The van der Waals surface area contributed by atoms with E-state index < -0.39 is 0 Å². The van der Waals surface area contributed by atoms with Crippen LogP contribution >= 0.6 is 0 Å². The Kier molecular flexibility index (Phi) is 4.06. The van der Waals surface area contributed by atoms with Crippen molar-refractivity contribution in [3.05, 3.63) is 0 Å². The van der Waals surface area contributed by atoms with Crippen molar-refractivity contribution in [2.45, 2.75) is 84.5 Å². The van der Waals surface area contributed by atoms with Crippen LogP contribution in [0.4, 0.5) is 0 Å².